The third-order valence-electron chi connectivity index (χ3n) is 6.27. The molecule has 7 heteroatoms. The molecule has 2 aromatic carbocycles. The van der Waals surface area contributed by atoms with Gasteiger partial charge in [0.05, 0.1) is 12.1 Å². The topological polar surface area (TPSA) is 37.7 Å². The van der Waals surface area contributed by atoms with Gasteiger partial charge < -0.3 is 14.2 Å². The standard InChI is InChI=1S/C24H25F2N3O2/c25-17-3-6-19(7-4-17)29-22-8-5-18(26)15-20(22)21-16-27(12-9-23(21)29)10-1-2-11-28-13-14-31-24(28)30/h3-8,15H,1-2,9-14,16H2. The van der Waals surface area contributed by atoms with Crippen LogP contribution < -0.4 is 0 Å². The summed E-state index contributed by atoms with van der Waals surface area (Å²) in [6, 6.07) is 11.4. The molecule has 0 N–H and O–H groups in total. The summed E-state index contributed by atoms with van der Waals surface area (Å²) >= 11 is 0. The van der Waals surface area contributed by atoms with E-state index in [-0.39, 0.29) is 17.7 Å². The average molecular weight is 425 g/mol. The van der Waals surface area contributed by atoms with Gasteiger partial charge >= 0.3 is 6.09 Å². The number of amides is 1. The highest BCUT2D eigenvalue weighted by molar-refractivity contribution is 5.87. The number of nitrogens with zero attached hydrogens (tertiary/aromatic N) is 3. The molecule has 0 bridgehead atoms. The fourth-order valence-corrected chi connectivity index (χ4v) is 4.73. The molecule has 1 saturated heterocycles. The molecule has 5 rings (SSSR count). The van der Waals surface area contributed by atoms with E-state index in [9.17, 15) is 13.6 Å². The molecule has 0 aliphatic carbocycles. The quantitative estimate of drug-likeness (QED) is 0.546. The monoisotopic (exact) mass is 425 g/mol. The maximum absolute atomic E-state index is 14.1. The van der Waals surface area contributed by atoms with Gasteiger partial charge in [0.1, 0.15) is 18.2 Å². The summed E-state index contributed by atoms with van der Waals surface area (Å²) < 4.78 is 34.6. The van der Waals surface area contributed by atoms with Crippen molar-refractivity contribution in [2.75, 3.05) is 32.8 Å². The van der Waals surface area contributed by atoms with Gasteiger partial charge in [-0.05, 0) is 67.4 Å². The number of fused-ring (bicyclic) bond motifs is 3. The average Bonchev–Trinajstić information content (AvgIpc) is 3.32. The second-order valence-electron chi connectivity index (χ2n) is 8.23. The van der Waals surface area contributed by atoms with Crippen molar-refractivity contribution in [2.45, 2.75) is 25.8 Å². The zero-order valence-electron chi connectivity index (χ0n) is 17.3. The number of carbonyl (C=O) groups is 1. The molecule has 3 heterocycles. The van der Waals surface area contributed by atoms with E-state index in [4.69, 9.17) is 4.74 Å². The molecule has 31 heavy (non-hydrogen) atoms. The summed E-state index contributed by atoms with van der Waals surface area (Å²) in [6.07, 6.45) is 2.56. The summed E-state index contributed by atoms with van der Waals surface area (Å²) in [4.78, 5) is 15.7. The largest absolute Gasteiger partial charge is 0.448 e. The highest BCUT2D eigenvalue weighted by atomic mass is 19.1. The van der Waals surface area contributed by atoms with E-state index in [1.165, 1.54) is 23.9 Å². The molecule has 5 nitrogen and oxygen atoms in total. The zero-order valence-corrected chi connectivity index (χ0v) is 17.3. The fourth-order valence-electron chi connectivity index (χ4n) is 4.73. The van der Waals surface area contributed by atoms with Crippen LogP contribution in [0.5, 0.6) is 0 Å². The van der Waals surface area contributed by atoms with Crippen molar-refractivity contribution >= 4 is 17.0 Å². The zero-order chi connectivity index (χ0) is 21.4. The SMILES string of the molecule is O=C1OCCN1CCCCN1CCc2c(c3cc(F)ccc3n2-c2ccc(F)cc2)C1. The molecular formula is C24H25F2N3O2. The van der Waals surface area contributed by atoms with Gasteiger partial charge in [0.25, 0.3) is 0 Å². The van der Waals surface area contributed by atoms with Crippen LogP contribution in [-0.2, 0) is 17.7 Å². The van der Waals surface area contributed by atoms with Crippen LogP contribution in [0.3, 0.4) is 0 Å². The Morgan fingerprint density at radius 1 is 0.935 bits per heavy atom. The number of benzene rings is 2. The molecule has 0 saturated carbocycles. The number of rotatable bonds is 6. The number of aromatic nitrogens is 1. The fraction of sp³-hybridized carbons (Fsp3) is 0.375. The first-order valence-corrected chi connectivity index (χ1v) is 10.8. The van der Waals surface area contributed by atoms with Crippen LogP contribution in [-0.4, -0.2) is 53.2 Å². The molecule has 1 fully saturated rings. The predicted octanol–water partition coefficient (Wildman–Crippen LogP) is 4.50. The lowest BCUT2D eigenvalue weighted by atomic mass is 10.0. The van der Waals surface area contributed by atoms with Crippen LogP contribution in [0, 0.1) is 11.6 Å². The molecule has 0 radical (unpaired) electrons. The van der Waals surface area contributed by atoms with E-state index in [2.05, 4.69) is 9.47 Å². The third-order valence-corrected chi connectivity index (χ3v) is 6.27. The lowest BCUT2D eigenvalue weighted by Crippen LogP contribution is -2.32. The molecule has 1 aromatic heterocycles. The predicted molar refractivity (Wildman–Crippen MR) is 114 cm³/mol. The van der Waals surface area contributed by atoms with Crippen molar-refractivity contribution in [1.82, 2.24) is 14.4 Å². The van der Waals surface area contributed by atoms with Crippen molar-refractivity contribution in [2.24, 2.45) is 0 Å². The highest BCUT2D eigenvalue weighted by Crippen LogP contribution is 2.34. The van der Waals surface area contributed by atoms with Crippen LogP contribution in [0.25, 0.3) is 16.6 Å². The second-order valence-corrected chi connectivity index (χ2v) is 8.23. The number of carbonyl (C=O) groups excluding carboxylic acids is 1. The van der Waals surface area contributed by atoms with E-state index >= 15 is 0 Å². The Hall–Kier alpha value is -2.93. The summed E-state index contributed by atoms with van der Waals surface area (Å²) in [5.41, 5.74) is 4.16. The number of cyclic esters (lactones) is 1. The molecule has 2 aliphatic rings. The van der Waals surface area contributed by atoms with E-state index in [0.717, 1.165) is 67.6 Å². The van der Waals surface area contributed by atoms with Crippen molar-refractivity contribution in [3.63, 3.8) is 0 Å². The number of ether oxygens (including phenoxy) is 1. The maximum atomic E-state index is 14.1. The van der Waals surface area contributed by atoms with Crippen LogP contribution in [0.1, 0.15) is 24.1 Å². The number of halogens is 2. The van der Waals surface area contributed by atoms with Crippen LogP contribution in [0.2, 0.25) is 0 Å². The van der Waals surface area contributed by atoms with Crippen molar-refractivity contribution in [1.29, 1.82) is 0 Å². The summed E-state index contributed by atoms with van der Waals surface area (Å²) in [5.74, 6) is -0.519. The Balaban J connectivity index is 1.35. The first-order valence-electron chi connectivity index (χ1n) is 10.8. The van der Waals surface area contributed by atoms with E-state index in [1.807, 2.05) is 6.07 Å². The minimum atomic E-state index is -0.270. The molecule has 2 aliphatic heterocycles. The molecular weight excluding hydrogens is 400 g/mol. The van der Waals surface area contributed by atoms with Gasteiger partial charge in [-0.15, -0.1) is 0 Å². The van der Waals surface area contributed by atoms with Crippen molar-refractivity contribution in [3.8, 4) is 5.69 Å². The smallest absolute Gasteiger partial charge is 0.409 e. The van der Waals surface area contributed by atoms with Crippen molar-refractivity contribution in [3.05, 3.63) is 65.4 Å². The molecule has 162 valence electrons. The number of hydrogen-bond donors (Lipinski definition) is 0. The summed E-state index contributed by atoms with van der Waals surface area (Å²) in [7, 11) is 0. The Labute approximate surface area is 179 Å². The molecule has 3 aromatic rings. The first-order chi connectivity index (χ1) is 15.1. The second kappa shape index (κ2) is 8.30. The summed E-state index contributed by atoms with van der Waals surface area (Å²) in [6.45, 7) is 4.50. The van der Waals surface area contributed by atoms with E-state index < -0.39 is 0 Å². The van der Waals surface area contributed by atoms with E-state index in [1.54, 1.807) is 23.1 Å². The van der Waals surface area contributed by atoms with Gasteiger partial charge in [-0.3, -0.25) is 4.90 Å². The third kappa shape index (κ3) is 3.90. The molecule has 1 amide bonds. The van der Waals surface area contributed by atoms with Gasteiger partial charge in [-0.1, -0.05) is 0 Å². The lowest BCUT2D eigenvalue weighted by molar-refractivity contribution is 0.157. The molecule has 0 unspecified atom stereocenters. The molecule has 0 spiro atoms. The number of unbranched alkanes of at least 4 members (excludes halogenated alkanes) is 1. The van der Waals surface area contributed by atoms with Crippen LogP contribution >= 0.6 is 0 Å². The minimum absolute atomic E-state index is 0.210. The van der Waals surface area contributed by atoms with Crippen LogP contribution in [0.15, 0.2) is 42.5 Å². The lowest BCUT2D eigenvalue weighted by Gasteiger charge is -2.28. The Morgan fingerprint density at radius 2 is 1.71 bits per heavy atom. The van der Waals surface area contributed by atoms with Gasteiger partial charge in [0.15, 0.2) is 0 Å². The van der Waals surface area contributed by atoms with Gasteiger partial charge in [0.2, 0.25) is 0 Å². The Morgan fingerprint density at radius 3 is 2.48 bits per heavy atom. The minimum Gasteiger partial charge on any atom is -0.448 e. The van der Waals surface area contributed by atoms with Gasteiger partial charge in [-0.25, -0.2) is 13.6 Å². The summed E-state index contributed by atoms with van der Waals surface area (Å²) in [5, 5.41) is 0.920. The first kappa shape index (κ1) is 20.0. The highest BCUT2D eigenvalue weighted by Gasteiger charge is 2.25. The normalized spacial score (nSPS) is 16.7. The van der Waals surface area contributed by atoms with Gasteiger partial charge in [0, 0.05) is 42.8 Å². The van der Waals surface area contributed by atoms with E-state index in [0.29, 0.717) is 13.2 Å². The Kier molecular flexibility index (Phi) is 5.36. The van der Waals surface area contributed by atoms with Crippen molar-refractivity contribution < 1.29 is 18.3 Å². The van der Waals surface area contributed by atoms with Gasteiger partial charge in [-0.2, -0.15) is 0 Å². The maximum Gasteiger partial charge on any atom is 0.409 e. The van der Waals surface area contributed by atoms with Crippen LogP contribution in [0.4, 0.5) is 13.6 Å². The Bertz CT molecular complexity index is 1110. The number of hydrogen-bond acceptors (Lipinski definition) is 3. The molecule has 0 atom stereocenters.